The first-order chi connectivity index (χ1) is 14.4. The summed E-state index contributed by atoms with van der Waals surface area (Å²) in [6.45, 7) is 0.701. The molecule has 0 unspecified atom stereocenters. The Morgan fingerprint density at radius 2 is 1.90 bits per heavy atom. The molecule has 1 atom stereocenters. The highest BCUT2D eigenvalue weighted by atomic mass is 35.5. The normalized spacial score (nSPS) is 21.2. The van der Waals surface area contributed by atoms with Crippen molar-refractivity contribution in [1.82, 2.24) is 9.62 Å². The lowest BCUT2D eigenvalue weighted by Crippen LogP contribution is -2.51. The van der Waals surface area contributed by atoms with Gasteiger partial charge in [0.15, 0.2) is 0 Å². The first-order valence-electron chi connectivity index (χ1n) is 10.2. The van der Waals surface area contributed by atoms with Gasteiger partial charge in [0.25, 0.3) is 0 Å². The molecule has 4 rings (SSSR count). The van der Waals surface area contributed by atoms with Crippen LogP contribution in [0.1, 0.15) is 36.8 Å². The predicted molar refractivity (Wildman–Crippen MR) is 117 cm³/mol. The molecule has 2 fully saturated rings. The van der Waals surface area contributed by atoms with Gasteiger partial charge < -0.3 is 11.1 Å². The molecule has 0 radical (unpaired) electrons. The van der Waals surface area contributed by atoms with E-state index < -0.39 is 15.4 Å². The molecule has 1 saturated carbocycles. The van der Waals surface area contributed by atoms with Crippen LogP contribution in [0.3, 0.4) is 0 Å². The van der Waals surface area contributed by atoms with Gasteiger partial charge in [-0.1, -0.05) is 48.0 Å². The maximum Gasteiger partial charge on any atom is 0.243 e. The molecule has 2 aromatic rings. The van der Waals surface area contributed by atoms with Crippen LogP contribution >= 0.6 is 11.6 Å². The van der Waals surface area contributed by atoms with Crippen molar-refractivity contribution < 1.29 is 13.2 Å². The second kappa shape index (κ2) is 8.30. The fraction of sp³-hybridized carbons (Fsp3) is 0.409. The summed E-state index contributed by atoms with van der Waals surface area (Å²) in [5, 5.41) is 3.46. The van der Waals surface area contributed by atoms with E-state index in [1.54, 1.807) is 18.2 Å². The summed E-state index contributed by atoms with van der Waals surface area (Å²) < 4.78 is 28.0. The minimum absolute atomic E-state index is 0.0108. The van der Waals surface area contributed by atoms with Gasteiger partial charge in [0, 0.05) is 36.3 Å². The molecule has 1 heterocycles. The standard InChI is InChI=1S/C22H26ClN3O3S/c23-19-9-4-10-20(18(19)14-24)30(28,29)26-13-5-8-17(15-26)25-21(27)22(11-12-22)16-6-2-1-3-7-16/h1-4,6-7,9-10,17H,5,8,11-15,24H2,(H,25,27)/t17-/m0/s1. The number of hydrogen-bond acceptors (Lipinski definition) is 4. The number of nitrogens with two attached hydrogens (primary N) is 1. The molecule has 8 heteroatoms. The maximum atomic E-state index is 13.3. The molecule has 1 aliphatic heterocycles. The van der Waals surface area contributed by atoms with E-state index in [1.807, 2.05) is 30.3 Å². The average molecular weight is 448 g/mol. The average Bonchev–Trinajstić information content (AvgIpc) is 3.56. The van der Waals surface area contributed by atoms with Gasteiger partial charge >= 0.3 is 0 Å². The van der Waals surface area contributed by atoms with Crippen LogP contribution in [-0.4, -0.2) is 37.8 Å². The molecule has 2 aliphatic rings. The summed E-state index contributed by atoms with van der Waals surface area (Å²) in [4.78, 5) is 13.2. The van der Waals surface area contributed by atoms with Crippen LogP contribution in [0.25, 0.3) is 0 Å². The Morgan fingerprint density at radius 3 is 2.57 bits per heavy atom. The van der Waals surface area contributed by atoms with Crippen molar-refractivity contribution in [1.29, 1.82) is 0 Å². The largest absolute Gasteiger partial charge is 0.351 e. The van der Waals surface area contributed by atoms with Gasteiger partial charge in [-0.3, -0.25) is 4.79 Å². The Bertz CT molecular complexity index is 1040. The molecule has 160 valence electrons. The molecule has 2 aromatic carbocycles. The number of benzene rings is 2. The number of sulfonamides is 1. The Kier molecular flexibility index (Phi) is 5.90. The number of hydrogen-bond donors (Lipinski definition) is 2. The third-order valence-electron chi connectivity index (χ3n) is 6.13. The van der Waals surface area contributed by atoms with Crippen molar-refractivity contribution in [3.63, 3.8) is 0 Å². The molecule has 0 bridgehead atoms. The summed E-state index contributed by atoms with van der Waals surface area (Å²) in [5.41, 5.74) is 6.73. The van der Waals surface area contributed by atoms with E-state index in [0.717, 1.165) is 24.8 Å². The number of amides is 1. The number of halogens is 1. The van der Waals surface area contributed by atoms with Gasteiger partial charge in [-0.25, -0.2) is 8.42 Å². The minimum atomic E-state index is -3.75. The molecular formula is C22H26ClN3O3S. The van der Waals surface area contributed by atoms with Gasteiger partial charge in [-0.2, -0.15) is 4.31 Å². The minimum Gasteiger partial charge on any atom is -0.351 e. The summed E-state index contributed by atoms with van der Waals surface area (Å²) in [7, 11) is -3.75. The Hall–Kier alpha value is -1.93. The monoisotopic (exact) mass is 447 g/mol. The van der Waals surface area contributed by atoms with Crippen LogP contribution in [0.4, 0.5) is 0 Å². The highest BCUT2D eigenvalue weighted by Gasteiger charge is 2.51. The van der Waals surface area contributed by atoms with Gasteiger partial charge in [-0.15, -0.1) is 0 Å². The first-order valence-corrected chi connectivity index (χ1v) is 12.0. The molecule has 6 nitrogen and oxygen atoms in total. The van der Waals surface area contributed by atoms with Crippen molar-refractivity contribution in [3.8, 4) is 0 Å². The number of piperidine rings is 1. The maximum absolute atomic E-state index is 13.3. The number of rotatable bonds is 6. The number of nitrogens with one attached hydrogen (secondary N) is 1. The van der Waals surface area contributed by atoms with Crippen molar-refractivity contribution in [2.75, 3.05) is 13.1 Å². The topological polar surface area (TPSA) is 92.5 Å². The van der Waals surface area contributed by atoms with E-state index in [-0.39, 0.29) is 29.9 Å². The number of nitrogens with zero attached hydrogens (tertiary/aromatic N) is 1. The Morgan fingerprint density at radius 1 is 1.17 bits per heavy atom. The summed E-state index contributed by atoms with van der Waals surface area (Å²) in [6, 6.07) is 14.4. The summed E-state index contributed by atoms with van der Waals surface area (Å²) in [6.07, 6.45) is 3.07. The van der Waals surface area contributed by atoms with Gasteiger partial charge in [-0.05, 0) is 43.4 Å². The zero-order chi connectivity index (χ0) is 21.4. The van der Waals surface area contributed by atoms with Crippen LogP contribution in [0.5, 0.6) is 0 Å². The van der Waals surface area contributed by atoms with Crippen molar-refractivity contribution in [3.05, 3.63) is 64.7 Å². The lowest BCUT2D eigenvalue weighted by Gasteiger charge is -2.33. The number of carbonyl (C=O) groups excluding carboxylic acids is 1. The quantitative estimate of drug-likeness (QED) is 0.712. The second-order valence-electron chi connectivity index (χ2n) is 8.04. The second-order valence-corrected chi connectivity index (χ2v) is 10.4. The fourth-order valence-electron chi connectivity index (χ4n) is 4.25. The zero-order valence-electron chi connectivity index (χ0n) is 16.7. The molecule has 1 amide bonds. The van der Waals surface area contributed by atoms with E-state index in [4.69, 9.17) is 17.3 Å². The van der Waals surface area contributed by atoms with Crippen LogP contribution in [0.15, 0.2) is 53.4 Å². The van der Waals surface area contributed by atoms with Crippen molar-refractivity contribution in [2.24, 2.45) is 5.73 Å². The lowest BCUT2D eigenvalue weighted by molar-refractivity contribution is -0.124. The smallest absolute Gasteiger partial charge is 0.243 e. The van der Waals surface area contributed by atoms with Crippen molar-refractivity contribution in [2.45, 2.75) is 48.6 Å². The molecule has 0 aromatic heterocycles. The van der Waals surface area contributed by atoms with Gasteiger partial charge in [0.05, 0.1) is 10.3 Å². The Balaban J connectivity index is 1.50. The number of carbonyl (C=O) groups is 1. The molecular weight excluding hydrogens is 422 g/mol. The van der Waals surface area contributed by atoms with Crippen molar-refractivity contribution >= 4 is 27.5 Å². The van der Waals surface area contributed by atoms with Crippen LogP contribution < -0.4 is 11.1 Å². The van der Waals surface area contributed by atoms with E-state index in [9.17, 15) is 13.2 Å². The third kappa shape index (κ3) is 3.87. The molecule has 30 heavy (non-hydrogen) atoms. The highest BCUT2D eigenvalue weighted by Crippen LogP contribution is 2.48. The van der Waals surface area contributed by atoms with Gasteiger partial charge in [0.2, 0.25) is 15.9 Å². The predicted octanol–water partition coefficient (Wildman–Crippen LogP) is 2.80. The van der Waals surface area contributed by atoms with E-state index in [1.165, 1.54) is 4.31 Å². The van der Waals surface area contributed by atoms with Crippen LogP contribution in [0, 0.1) is 0 Å². The highest BCUT2D eigenvalue weighted by molar-refractivity contribution is 7.89. The SMILES string of the molecule is NCc1c(Cl)cccc1S(=O)(=O)N1CCC[C@H](NC(=O)C2(c3ccccc3)CC2)C1. The third-order valence-corrected chi connectivity index (χ3v) is 8.43. The van der Waals surface area contributed by atoms with E-state index in [0.29, 0.717) is 23.6 Å². The molecule has 1 saturated heterocycles. The first kappa shape index (κ1) is 21.3. The van der Waals surface area contributed by atoms with Crippen LogP contribution in [0.2, 0.25) is 5.02 Å². The van der Waals surface area contributed by atoms with E-state index >= 15 is 0 Å². The zero-order valence-corrected chi connectivity index (χ0v) is 18.3. The van der Waals surface area contributed by atoms with E-state index in [2.05, 4.69) is 5.32 Å². The summed E-state index contributed by atoms with van der Waals surface area (Å²) >= 11 is 6.17. The molecule has 3 N–H and O–H groups in total. The molecule has 1 aliphatic carbocycles. The fourth-order valence-corrected chi connectivity index (χ4v) is 6.34. The summed E-state index contributed by atoms with van der Waals surface area (Å²) in [5.74, 6) is -0.0108. The Labute approximate surface area is 182 Å². The van der Waals surface area contributed by atoms with Gasteiger partial charge in [0.1, 0.15) is 0 Å². The van der Waals surface area contributed by atoms with Crippen LogP contribution in [-0.2, 0) is 26.8 Å². The lowest BCUT2D eigenvalue weighted by atomic mass is 9.94. The molecule has 0 spiro atoms.